The Hall–Kier alpha value is -2.92. The summed E-state index contributed by atoms with van der Waals surface area (Å²) in [6, 6.07) is 4.35. The van der Waals surface area contributed by atoms with Crippen molar-refractivity contribution in [1.82, 2.24) is 5.32 Å². The average molecular weight is 497 g/mol. The van der Waals surface area contributed by atoms with E-state index in [4.69, 9.17) is 9.47 Å². The van der Waals surface area contributed by atoms with Crippen LogP contribution in [-0.2, 0) is 25.8 Å². The number of thiophene rings is 1. The minimum absolute atomic E-state index is 0.0295. The van der Waals surface area contributed by atoms with Gasteiger partial charge < -0.3 is 20.1 Å². The Kier molecular flexibility index (Phi) is 9.00. The van der Waals surface area contributed by atoms with Gasteiger partial charge >= 0.3 is 5.97 Å². The number of sulfone groups is 1. The Morgan fingerprint density at radius 1 is 1.18 bits per heavy atom. The lowest BCUT2D eigenvalue weighted by atomic mass is 10.0. The topological polar surface area (TPSA) is 128 Å². The van der Waals surface area contributed by atoms with Gasteiger partial charge in [0.05, 0.1) is 36.6 Å². The molecule has 11 heteroatoms. The summed E-state index contributed by atoms with van der Waals surface area (Å²) < 4.78 is 34.7. The van der Waals surface area contributed by atoms with E-state index in [0.717, 1.165) is 29.6 Å². The molecule has 0 bridgehead atoms. The molecule has 1 aromatic carbocycles. The Labute approximate surface area is 197 Å². The van der Waals surface area contributed by atoms with Crippen LogP contribution in [0.15, 0.2) is 23.6 Å². The van der Waals surface area contributed by atoms with Gasteiger partial charge in [-0.1, -0.05) is 19.1 Å². The minimum Gasteiger partial charge on any atom is -0.494 e. The normalized spacial score (nSPS) is 12.0. The van der Waals surface area contributed by atoms with E-state index in [9.17, 15) is 22.8 Å². The number of anilines is 1. The van der Waals surface area contributed by atoms with Crippen LogP contribution in [0, 0.1) is 0 Å². The summed E-state index contributed by atoms with van der Waals surface area (Å²) in [6.45, 7) is 5.52. The van der Waals surface area contributed by atoms with Gasteiger partial charge in [0.1, 0.15) is 20.6 Å². The lowest BCUT2D eigenvalue weighted by Gasteiger charge is -2.21. The third-order valence-corrected chi connectivity index (χ3v) is 6.50. The largest absolute Gasteiger partial charge is 0.494 e. The van der Waals surface area contributed by atoms with Crippen LogP contribution in [0.3, 0.4) is 0 Å². The Morgan fingerprint density at radius 2 is 1.88 bits per heavy atom. The van der Waals surface area contributed by atoms with Gasteiger partial charge in [-0.3, -0.25) is 9.59 Å². The fourth-order valence-electron chi connectivity index (χ4n) is 3.22. The first-order chi connectivity index (χ1) is 15.5. The fraction of sp³-hybridized carbons (Fsp3) is 0.409. The van der Waals surface area contributed by atoms with Gasteiger partial charge in [0.2, 0.25) is 5.91 Å². The Balaban J connectivity index is 2.51. The lowest BCUT2D eigenvalue weighted by Crippen LogP contribution is -2.34. The second kappa shape index (κ2) is 11.3. The zero-order valence-electron chi connectivity index (χ0n) is 19.2. The van der Waals surface area contributed by atoms with Crippen LogP contribution in [0.25, 0.3) is 0 Å². The number of ether oxygens (including phenoxy) is 2. The van der Waals surface area contributed by atoms with E-state index in [1.54, 1.807) is 12.1 Å². The molecule has 1 heterocycles. The third-order valence-electron chi connectivity index (χ3n) is 4.66. The molecule has 1 atom stereocenters. The monoisotopic (exact) mass is 496 g/mol. The van der Waals surface area contributed by atoms with Crippen LogP contribution >= 0.6 is 11.3 Å². The first kappa shape index (κ1) is 26.3. The number of hydrogen-bond donors (Lipinski definition) is 2. The number of amides is 2. The van der Waals surface area contributed by atoms with Crippen LogP contribution < -0.4 is 15.4 Å². The number of carbonyl (C=O) groups is 3. The number of nitrogens with one attached hydrogen (secondary N) is 2. The molecule has 0 aliphatic heterocycles. The molecule has 0 fully saturated rings. The maximum atomic E-state index is 13.3. The Morgan fingerprint density at radius 3 is 2.42 bits per heavy atom. The van der Waals surface area contributed by atoms with Crippen molar-refractivity contribution in [3.05, 3.63) is 45.8 Å². The number of esters is 1. The van der Waals surface area contributed by atoms with Gasteiger partial charge in [0.15, 0.2) is 0 Å². The van der Waals surface area contributed by atoms with E-state index >= 15 is 0 Å². The first-order valence-electron chi connectivity index (χ1n) is 10.2. The average Bonchev–Trinajstić information content (AvgIpc) is 3.14. The quantitative estimate of drug-likeness (QED) is 0.484. The maximum Gasteiger partial charge on any atom is 0.339 e. The fourth-order valence-corrected chi connectivity index (χ4v) is 5.07. The molecule has 0 aliphatic rings. The van der Waals surface area contributed by atoms with Crippen LogP contribution in [0.1, 0.15) is 58.7 Å². The van der Waals surface area contributed by atoms with E-state index in [-0.39, 0.29) is 21.9 Å². The maximum absolute atomic E-state index is 13.3. The summed E-state index contributed by atoms with van der Waals surface area (Å²) in [5.74, 6) is -1.66. The molecule has 2 amide bonds. The van der Waals surface area contributed by atoms with Crippen LogP contribution in [0.5, 0.6) is 5.75 Å². The van der Waals surface area contributed by atoms with Crippen LogP contribution in [0.2, 0.25) is 0 Å². The van der Waals surface area contributed by atoms with Crippen molar-refractivity contribution in [2.75, 3.05) is 31.0 Å². The molecule has 2 N–H and O–H groups in total. The Bertz CT molecular complexity index is 1140. The molecular weight excluding hydrogens is 468 g/mol. The summed E-state index contributed by atoms with van der Waals surface area (Å²) in [4.78, 5) is 37.0. The molecule has 0 radical (unpaired) electrons. The zero-order chi connectivity index (χ0) is 24.8. The van der Waals surface area contributed by atoms with E-state index in [1.807, 2.05) is 19.9 Å². The number of rotatable bonds is 10. The summed E-state index contributed by atoms with van der Waals surface area (Å²) in [6.07, 6.45) is 1.79. The first-order valence-corrected chi connectivity index (χ1v) is 13.2. The van der Waals surface area contributed by atoms with Gasteiger partial charge in [0.25, 0.3) is 5.91 Å². The van der Waals surface area contributed by atoms with Crippen molar-refractivity contribution in [3.8, 4) is 5.75 Å². The van der Waals surface area contributed by atoms with Gasteiger partial charge in [0, 0.05) is 18.6 Å². The molecule has 9 nitrogen and oxygen atoms in total. The molecule has 0 aliphatic carbocycles. The van der Waals surface area contributed by atoms with Gasteiger partial charge in [-0.15, -0.1) is 11.3 Å². The van der Waals surface area contributed by atoms with Gasteiger partial charge in [-0.25, -0.2) is 13.2 Å². The number of benzene rings is 1. The van der Waals surface area contributed by atoms with Crippen LogP contribution in [0.4, 0.5) is 5.00 Å². The molecule has 33 heavy (non-hydrogen) atoms. The van der Waals surface area contributed by atoms with Crippen molar-refractivity contribution in [3.63, 3.8) is 0 Å². The molecule has 0 spiro atoms. The number of methoxy groups -OCH3 is 1. The van der Waals surface area contributed by atoms with Crippen molar-refractivity contribution in [1.29, 1.82) is 0 Å². The van der Waals surface area contributed by atoms with E-state index in [2.05, 4.69) is 10.6 Å². The highest BCUT2D eigenvalue weighted by Gasteiger charge is 2.28. The molecular formula is C22H28N2O7S2. The molecule has 2 aromatic rings. The van der Waals surface area contributed by atoms with Crippen LogP contribution in [-0.4, -0.2) is 51.9 Å². The van der Waals surface area contributed by atoms with E-state index in [1.165, 1.54) is 19.4 Å². The number of carbonyl (C=O) groups excluding carboxylic acids is 3. The number of hydrogen-bond acceptors (Lipinski definition) is 8. The summed E-state index contributed by atoms with van der Waals surface area (Å²) in [7, 11) is -2.32. The van der Waals surface area contributed by atoms with E-state index in [0.29, 0.717) is 17.9 Å². The van der Waals surface area contributed by atoms with E-state index < -0.39 is 33.7 Å². The SMILES string of the molecule is CCOc1cc([C@@H](CS(C)(=O)=O)NC(=O)c2c(C(=O)OC)csc2NC(C)=O)ccc1CC. The van der Waals surface area contributed by atoms with Crippen molar-refractivity contribution in [2.45, 2.75) is 33.2 Å². The third kappa shape index (κ3) is 7.03. The smallest absolute Gasteiger partial charge is 0.339 e. The minimum atomic E-state index is -3.50. The standard InChI is InChI=1S/C22H28N2O7S2/c1-6-14-8-9-15(10-18(14)31-7-2)17(12-33(5,28)29)24-20(26)19-16(22(27)30-4)11-32-21(19)23-13(3)25/h8-11,17H,6-7,12H2,1-5H3,(H,23,25)(H,24,26)/t17-/m1/s1. The van der Waals surface area contributed by atoms with Gasteiger partial charge in [-0.05, 0) is 30.5 Å². The predicted molar refractivity (Wildman–Crippen MR) is 127 cm³/mol. The molecule has 1 aromatic heterocycles. The number of aryl methyl sites for hydroxylation is 1. The molecule has 0 saturated heterocycles. The van der Waals surface area contributed by atoms with Crippen molar-refractivity contribution in [2.24, 2.45) is 0 Å². The highest BCUT2D eigenvalue weighted by Crippen LogP contribution is 2.31. The molecule has 0 unspecified atom stereocenters. The molecule has 0 saturated carbocycles. The predicted octanol–water partition coefficient (Wildman–Crippen LogP) is 2.97. The highest BCUT2D eigenvalue weighted by atomic mass is 32.2. The van der Waals surface area contributed by atoms with Gasteiger partial charge in [-0.2, -0.15) is 0 Å². The highest BCUT2D eigenvalue weighted by molar-refractivity contribution is 7.90. The molecule has 180 valence electrons. The molecule has 2 rings (SSSR count). The second-order valence-electron chi connectivity index (χ2n) is 7.30. The van der Waals surface area contributed by atoms with Crippen molar-refractivity contribution >= 4 is 44.0 Å². The summed E-state index contributed by atoms with van der Waals surface area (Å²) >= 11 is 0.995. The summed E-state index contributed by atoms with van der Waals surface area (Å²) in [5, 5.41) is 6.80. The van der Waals surface area contributed by atoms with Crippen molar-refractivity contribution < 1.29 is 32.3 Å². The second-order valence-corrected chi connectivity index (χ2v) is 10.4. The lowest BCUT2D eigenvalue weighted by molar-refractivity contribution is -0.114. The zero-order valence-corrected chi connectivity index (χ0v) is 20.8. The summed E-state index contributed by atoms with van der Waals surface area (Å²) in [5.41, 5.74) is 1.36.